The summed E-state index contributed by atoms with van der Waals surface area (Å²) >= 11 is 0. The highest BCUT2D eigenvalue weighted by atomic mass is 16.1. The smallest absolute Gasteiger partial charge is 0.269 e. The van der Waals surface area contributed by atoms with Crippen molar-refractivity contribution in [3.8, 4) is 0 Å². The minimum Gasteiger partial charge on any atom is -0.385 e. The molecule has 1 aliphatic rings. The Labute approximate surface area is 120 Å². The van der Waals surface area contributed by atoms with Crippen LogP contribution in [0.5, 0.6) is 0 Å². The molecule has 108 valence electrons. The fraction of sp³-hybridized carbons (Fsp3) is 0.500. The molecule has 0 atom stereocenters. The van der Waals surface area contributed by atoms with Crippen molar-refractivity contribution in [2.45, 2.75) is 39.0 Å². The molecule has 1 heterocycles. The molecular weight excluding hydrogens is 250 g/mol. The highest BCUT2D eigenvalue weighted by Gasteiger charge is 2.07. The Hall–Kier alpha value is -1.84. The Balaban J connectivity index is 1.85. The van der Waals surface area contributed by atoms with Gasteiger partial charge in [-0.05, 0) is 51.2 Å². The van der Waals surface area contributed by atoms with Gasteiger partial charge in [-0.15, -0.1) is 0 Å². The third kappa shape index (κ3) is 4.37. The standard InChI is InChI=1S/C16H23N3O/c1-2-17-16(20)15-12-14(9-11-19-15)18-10-8-13-6-4-3-5-7-13/h6,9,11-12H,2-5,7-8,10H2,1H3,(H,17,20)(H,18,19). The molecule has 2 rings (SSSR count). The molecule has 20 heavy (non-hydrogen) atoms. The van der Waals surface area contributed by atoms with Crippen molar-refractivity contribution >= 4 is 11.6 Å². The number of rotatable bonds is 6. The van der Waals surface area contributed by atoms with E-state index in [4.69, 9.17) is 0 Å². The topological polar surface area (TPSA) is 54.0 Å². The number of hydrogen-bond acceptors (Lipinski definition) is 3. The van der Waals surface area contributed by atoms with Crippen molar-refractivity contribution in [1.82, 2.24) is 10.3 Å². The van der Waals surface area contributed by atoms with Gasteiger partial charge >= 0.3 is 0 Å². The molecule has 0 aliphatic heterocycles. The molecule has 0 fully saturated rings. The van der Waals surface area contributed by atoms with Gasteiger partial charge < -0.3 is 10.6 Å². The van der Waals surface area contributed by atoms with Crippen LogP contribution < -0.4 is 10.6 Å². The monoisotopic (exact) mass is 273 g/mol. The summed E-state index contributed by atoms with van der Waals surface area (Å²) in [6.07, 6.45) is 10.2. The lowest BCUT2D eigenvalue weighted by Crippen LogP contribution is -2.23. The lowest BCUT2D eigenvalue weighted by Gasteiger charge is -2.13. The van der Waals surface area contributed by atoms with Crippen molar-refractivity contribution in [1.29, 1.82) is 0 Å². The summed E-state index contributed by atoms with van der Waals surface area (Å²) in [6.45, 7) is 3.43. The summed E-state index contributed by atoms with van der Waals surface area (Å²) in [6, 6.07) is 3.71. The first-order valence-electron chi connectivity index (χ1n) is 7.45. The molecule has 4 heteroatoms. The maximum absolute atomic E-state index is 11.7. The van der Waals surface area contributed by atoms with Crippen LogP contribution in [0.25, 0.3) is 0 Å². The van der Waals surface area contributed by atoms with Crippen molar-refractivity contribution in [2.24, 2.45) is 0 Å². The average Bonchev–Trinajstić information content (AvgIpc) is 2.49. The first-order chi connectivity index (χ1) is 9.79. The fourth-order valence-corrected chi connectivity index (χ4v) is 2.41. The minimum absolute atomic E-state index is 0.119. The number of allylic oxidation sites excluding steroid dienone is 1. The number of nitrogens with zero attached hydrogens (tertiary/aromatic N) is 1. The zero-order valence-corrected chi connectivity index (χ0v) is 12.1. The molecular formula is C16H23N3O. The minimum atomic E-state index is -0.119. The van der Waals surface area contributed by atoms with Gasteiger partial charge in [0.05, 0.1) is 0 Å². The summed E-state index contributed by atoms with van der Waals surface area (Å²) in [7, 11) is 0. The van der Waals surface area contributed by atoms with Gasteiger partial charge in [-0.2, -0.15) is 0 Å². The van der Waals surface area contributed by atoms with Crippen LogP contribution in [0.4, 0.5) is 5.69 Å². The van der Waals surface area contributed by atoms with E-state index in [1.165, 1.54) is 25.7 Å². The lowest BCUT2D eigenvalue weighted by molar-refractivity contribution is 0.0951. The zero-order chi connectivity index (χ0) is 14.2. The van der Waals surface area contributed by atoms with Gasteiger partial charge in [-0.1, -0.05) is 11.6 Å². The second-order valence-electron chi connectivity index (χ2n) is 5.07. The van der Waals surface area contributed by atoms with Crippen LogP contribution in [0.3, 0.4) is 0 Å². The van der Waals surface area contributed by atoms with Gasteiger partial charge in [-0.3, -0.25) is 9.78 Å². The first kappa shape index (κ1) is 14.6. The number of nitrogens with one attached hydrogen (secondary N) is 2. The van der Waals surface area contributed by atoms with Crippen LogP contribution in [0.1, 0.15) is 49.5 Å². The summed E-state index contributed by atoms with van der Waals surface area (Å²) in [4.78, 5) is 15.8. The van der Waals surface area contributed by atoms with Gasteiger partial charge in [-0.25, -0.2) is 0 Å². The van der Waals surface area contributed by atoms with Crippen LogP contribution in [-0.2, 0) is 0 Å². The number of carbonyl (C=O) groups excluding carboxylic acids is 1. The van der Waals surface area contributed by atoms with Gasteiger partial charge in [0.15, 0.2) is 0 Å². The van der Waals surface area contributed by atoms with Gasteiger partial charge in [0.1, 0.15) is 5.69 Å². The molecule has 0 spiro atoms. The summed E-state index contributed by atoms with van der Waals surface area (Å²) < 4.78 is 0. The van der Waals surface area contributed by atoms with Gasteiger partial charge in [0, 0.05) is 25.0 Å². The predicted octanol–water partition coefficient (Wildman–Crippen LogP) is 3.13. The Morgan fingerprint density at radius 1 is 1.40 bits per heavy atom. The molecule has 2 N–H and O–H groups in total. The lowest BCUT2D eigenvalue weighted by atomic mass is 9.97. The largest absolute Gasteiger partial charge is 0.385 e. The molecule has 4 nitrogen and oxygen atoms in total. The van der Waals surface area contributed by atoms with Gasteiger partial charge in [0.25, 0.3) is 5.91 Å². The van der Waals surface area contributed by atoms with E-state index in [-0.39, 0.29) is 5.91 Å². The van der Waals surface area contributed by atoms with E-state index in [1.54, 1.807) is 17.8 Å². The Kier molecular flexibility index (Phi) is 5.59. The molecule has 1 aliphatic carbocycles. The molecule has 0 saturated carbocycles. The fourth-order valence-electron chi connectivity index (χ4n) is 2.41. The van der Waals surface area contributed by atoms with Crippen LogP contribution in [0, 0.1) is 0 Å². The molecule has 1 amide bonds. The number of pyridine rings is 1. The summed E-state index contributed by atoms with van der Waals surface area (Å²) in [5.41, 5.74) is 2.98. The van der Waals surface area contributed by atoms with E-state index in [2.05, 4.69) is 21.7 Å². The Bertz CT molecular complexity index is 482. The van der Waals surface area contributed by atoms with E-state index in [0.29, 0.717) is 12.2 Å². The van der Waals surface area contributed by atoms with E-state index in [0.717, 1.165) is 18.7 Å². The van der Waals surface area contributed by atoms with Gasteiger partial charge in [0.2, 0.25) is 0 Å². The van der Waals surface area contributed by atoms with E-state index in [1.807, 2.05) is 13.0 Å². The normalized spacial score (nSPS) is 14.6. The highest BCUT2D eigenvalue weighted by Crippen LogP contribution is 2.20. The SMILES string of the molecule is CCNC(=O)c1cc(NCCC2=CCCCC2)ccn1. The van der Waals surface area contributed by atoms with E-state index in [9.17, 15) is 4.79 Å². The van der Waals surface area contributed by atoms with E-state index < -0.39 is 0 Å². The summed E-state index contributed by atoms with van der Waals surface area (Å²) in [5.74, 6) is -0.119. The summed E-state index contributed by atoms with van der Waals surface area (Å²) in [5, 5.41) is 6.13. The van der Waals surface area contributed by atoms with Crippen molar-refractivity contribution in [3.63, 3.8) is 0 Å². The first-order valence-corrected chi connectivity index (χ1v) is 7.45. The van der Waals surface area contributed by atoms with Crippen LogP contribution >= 0.6 is 0 Å². The number of amides is 1. The number of carbonyl (C=O) groups is 1. The van der Waals surface area contributed by atoms with Crippen molar-refractivity contribution in [3.05, 3.63) is 35.7 Å². The molecule has 0 saturated heterocycles. The maximum atomic E-state index is 11.7. The zero-order valence-electron chi connectivity index (χ0n) is 12.1. The second-order valence-corrected chi connectivity index (χ2v) is 5.07. The number of anilines is 1. The Morgan fingerprint density at radius 3 is 3.05 bits per heavy atom. The van der Waals surface area contributed by atoms with Crippen LogP contribution in [-0.4, -0.2) is 24.0 Å². The van der Waals surface area contributed by atoms with Crippen LogP contribution in [0.15, 0.2) is 30.0 Å². The van der Waals surface area contributed by atoms with Crippen molar-refractivity contribution < 1.29 is 4.79 Å². The molecule has 0 bridgehead atoms. The molecule has 1 aromatic heterocycles. The van der Waals surface area contributed by atoms with Crippen molar-refractivity contribution in [2.75, 3.05) is 18.4 Å². The Morgan fingerprint density at radius 2 is 2.30 bits per heavy atom. The average molecular weight is 273 g/mol. The third-order valence-corrected chi connectivity index (χ3v) is 3.49. The molecule has 0 aromatic carbocycles. The van der Waals surface area contributed by atoms with E-state index >= 15 is 0 Å². The number of aromatic nitrogens is 1. The molecule has 0 radical (unpaired) electrons. The number of hydrogen-bond donors (Lipinski definition) is 2. The molecule has 1 aromatic rings. The molecule has 0 unspecified atom stereocenters. The third-order valence-electron chi connectivity index (χ3n) is 3.49. The quantitative estimate of drug-likeness (QED) is 0.783. The second kappa shape index (κ2) is 7.68. The predicted molar refractivity (Wildman–Crippen MR) is 81.9 cm³/mol. The van der Waals surface area contributed by atoms with Crippen LogP contribution in [0.2, 0.25) is 0 Å². The maximum Gasteiger partial charge on any atom is 0.269 e. The highest BCUT2D eigenvalue weighted by molar-refractivity contribution is 5.93.